The summed E-state index contributed by atoms with van der Waals surface area (Å²) >= 11 is 11.5. The number of hydrogen-bond donors (Lipinski definition) is 3. The van der Waals surface area contributed by atoms with Crippen molar-refractivity contribution in [2.24, 2.45) is 0 Å². The molecular weight excluding hydrogens is 611 g/mol. The molecule has 0 spiro atoms. The van der Waals surface area contributed by atoms with Gasteiger partial charge in [-0.15, -0.1) is 0 Å². The largest absolute Gasteiger partial charge is 0.497 e. The third-order valence-electron chi connectivity index (χ3n) is 6.04. The zero-order chi connectivity index (χ0) is 29.9. The minimum atomic E-state index is -3.98. The number of methoxy groups -OCH3 is 2. The number of rotatable bonds is 11. The first kappa shape index (κ1) is 30.9. The van der Waals surface area contributed by atoms with Gasteiger partial charge in [0.25, 0.3) is 6.43 Å². The van der Waals surface area contributed by atoms with Gasteiger partial charge in [0.15, 0.2) is 11.8 Å². The summed E-state index contributed by atoms with van der Waals surface area (Å²) in [6.45, 7) is -5.10. The number of benzene rings is 2. The van der Waals surface area contributed by atoms with E-state index in [-0.39, 0.29) is 22.3 Å². The first-order chi connectivity index (χ1) is 19.4. The molecule has 1 saturated heterocycles. The molecule has 17 heteroatoms. The van der Waals surface area contributed by atoms with Crippen LogP contribution in [-0.2, 0) is 21.1 Å². The van der Waals surface area contributed by atoms with Gasteiger partial charge >= 0.3 is 12.4 Å². The molecule has 3 aromatic rings. The van der Waals surface area contributed by atoms with Gasteiger partial charge in [-0.25, -0.2) is 13.6 Å². The Morgan fingerprint density at radius 1 is 1.07 bits per heavy atom. The lowest BCUT2D eigenvalue weighted by Gasteiger charge is -2.33. The molecule has 0 aliphatic carbocycles. The number of ether oxygens (including phenoxy) is 3. The van der Waals surface area contributed by atoms with E-state index in [1.807, 2.05) is 0 Å². The van der Waals surface area contributed by atoms with E-state index in [4.69, 9.17) is 56.9 Å². The van der Waals surface area contributed by atoms with Crippen molar-refractivity contribution in [2.75, 3.05) is 26.6 Å². The van der Waals surface area contributed by atoms with Crippen molar-refractivity contribution in [3.63, 3.8) is 0 Å². The maximum Gasteiger partial charge on any atom is 0.435 e. The van der Waals surface area contributed by atoms with Gasteiger partial charge in [0.1, 0.15) is 41.0 Å². The summed E-state index contributed by atoms with van der Waals surface area (Å²) in [4.78, 5) is 15.8. The van der Waals surface area contributed by atoms with Gasteiger partial charge in [-0.1, -0.05) is 11.6 Å². The van der Waals surface area contributed by atoms with E-state index in [0.29, 0.717) is 16.1 Å². The maximum atomic E-state index is 14.6. The van der Waals surface area contributed by atoms with Crippen LogP contribution < -0.4 is 29.9 Å². The second kappa shape index (κ2) is 12.4. The van der Waals surface area contributed by atoms with Gasteiger partial charge in [0, 0.05) is 18.0 Å². The van der Waals surface area contributed by atoms with E-state index >= 15 is 0 Å². The van der Waals surface area contributed by atoms with Crippen LogP contribution in [0.15, 0.2) is 59.5 Å². The lowest BCUT2D eigenvalue weighted by atomic mass is 9.96. The fourth-order valence-electron chi connectivity index (χ4n) is 3.82. The standard InChI is InChI=1S/C24H25ClF2N3O9PS/c1-34-13-3-7-15(8-4-13)38-40(41,39-16-9-5-14(35-2)6-10-16)36-12-24(22(26)27)19(32)18(31)21(37-24)30-11-17(25)20(28)29-23(30)33/h3-11,18-19,21-22,31-32H,12H2,1-2H3,(H2,28,29,33). The number of nitrogens with zero attached hydrogens (tertiary/aromatic N) is 2. The van der Waals surface area contributed by atoms with Crippen molar-refractivity contribution < 1.29 is 46.8 Å². The third-order valence-corrected chi connectivity index (χ3v) is 8.40. The number of aromatic nitrogens is 2. The molecule has 41 heavy (non-hydrogen) atoms. The Morgan fingerprint density at radius 3 is 2.02 bits per heavy atom. The predicted octanol–water partition coefficient (Wildman–Crippen LogP) is 3.15. The van der Waals surface area contributed by atoms with Crippen LogP contribution >= 0.6 is 18.3 Å². The molecule has 0 amide bonds. The number of nitrogens with two attached hydrogens (primary N) is 1. The second-order valence-electron chi connectivity index (χ2n) is 8.62. The molecule has 4 atom stereocenters. The lowest BCUT2D eigenvalue weighted by molar-refractivity contribution is -0.192. The van der Waals surface area contributed by atoms with Crippen molar-refractivity contribution in [3.8, 4) is 23.0 Å². The summed E-state index contributed by atoms with van der Waals surface area (Å²) in [6.07, 6.45) is -8.63. The van der Waals surface area contributed by atoms with Crippen LogP contribution in [0.25, 0.3) is 0 Å². The molecule has 2 heterocycles. The molecule has 4 rings (SSSR count). The Labute approximate surface area is 242 Å². The number of aliphatic hydroxyl groups is 2. The second-order valence-corrected chi connectivity index (χ2v) is 11.9. The van der Waals surface area contributed by atoms with E-state index in [1.165, 1.54) is 38.5 Å². The molecule has 4 unspecified atom stereocenters. The molecule has 12 nitrogen and oxygen atoms in total. The number of aliphatic hydroxyl groups excluding tert-OH is 2. The smallest absolute Gasteiger partial charge is 0.435 e. The molecule has 1 fully saturated rings. The summed E-state index contributed by atoms with van der Waals surface area (Å²) in [7, 11) is 2.94. The fraction of sp³-hybridized carbons (Fsp3) is 0.333. The normalized spacial score (nSPS) is 22.5. The van der Waals surface area contributed by atoms with Crippen LogP contribution in [0, 0.1) is 0 Å². The third kappa shape index (κ3) is 6.56. The highest BCUT2D eigenvalue weighted by atomic mass is 35.5. The first-order valence-corrected chi connectivity index (χ1v) is 14.6. The topological polar surface area (TPSA) is 157 Å². The van der Waals surface area contributed by atoms with Crippen molar-refractivity contribution in [1.82, 2.24) is 9.55 Å². The average Bonchev–Trinajstić information content (AvgIpc) is 3.21. The Morgan fingerprint density at radius 2 is 1.56 bits per heavy atom. The zero-order valence-electron chi connectivity index (χ0n) is 21.4. The monoisotopic (exact) mass is 635 g/mol. The summed E-state index contributed by atoms with van der Waals surface area (Å²) in [6, 6.07) is 12.2. The number of hydrogen-bond acceptors (Lipinski definition) is 12. The van der Waals surface area contributed by atoms with Gasteiger partial charge < -0.3 is 39.2 Å². The van der Waals surface area contributed by atoms with Crippen LogP contribution in [0.5, 0.6) is 23.0 Å². The Bertz CT molecular complexity index is 1410. The van der Waals surface area contributed by atoms with Gasteiger partial charge in [-0.2, -0.15) is 4.98 Å². The van der Waals surface area contributed by atoms with Crippen LogP contribution in [0.3, 0.4) is 0 Å². The van der Waals surface area contributed by atoms with Gasteiger partial charge in [0.2, 0.25) is 0 Å². The number of alkyl halides is 2. The Kier molecular flexibility index (Phi) is 9.39. The van der Waals surface area contributed by atoms with Gasteiger partial charge in [-0.3, -0.25) is 9.09 Å². The molecule has 1 aliphatic rings. The molecule has 0 radical (unpaired) electrons. The number of halogens is 3. The van der Waals surface area contributed by atoms with Gasteiger partial charge in [-0.05, 0) is 48.5 Å². The predicted molar refractivity (Wildman–Crippen MR) is 146 cm³/mol. The Balaban J connectivity index is 1.65. The quantitative estimate of drug-likeness (QED) is 0.265. The van der Waals surface area contributed by atoms with Crippen molar-refractivity contribution in [2.45, 2.75) is 30.5 Å². The van der Waals surface area contributed by atoms with Gasteiger partial charge in [0.05, 0.1) is 25.8 Å². The highest BCUT2D eigenvalue weighted by molar-refractivity contribution is 8.07. The Hall–Kier alpha value is -3.04. The minimum absolute atomic E-state index is 0.161. The molecule has 1 aliphatic heterocycles. The number of anilines is 1. The maximum absolute atomic E-state index is 14.6. The lowest BCUT2D eigenvalue weighted by Crippen LogP contribution is -2.52. The average molecular weight is 636 g/mol. The fourth-order valence-corrected chi connectivity index (χ4v) is 5.90. The zero-order valence-corrected chi connectivity index (χ0v) is 23.9. The molecule has 2 aromatic carbocycles. The van der Waals surface area contributed by atoms with Crippen LogP contribution in [0.2, 0.25) is 5.02 Å². The van der Waals surface area contributed by atoms with E-state index < -0.39 is 49.5 Å². The highest BCUT2D eigenvalue weighted by Gasteiger charge is 2.61. The van der Waals surface area contributed by atoms with Crippen molar-refractivity contribution in [1.29, 1.82) is 0 Å². The molecule has 0 bridgehead atoms. The minimum Gasteiger partial charge on any atom is -0.497 e. The van der Waals surface area contributed by atoms with Crippen LogP contribution in [0.1, 0.15) is 6.23 Å². The summed E-state index contributed by atoms with van der Waals surface area (Å²) < 4.78 is 62.8. The molecule has 4 N–H and O–H groups in total. The molecule has 1 aromatic heterocycles. The number of nitrogen functional groups attached to an aromatic ring is 1. The summed E-state index contributed by atoms with van der Waals surface area (Å²) in [5.41, 5.74) is 1.56. The van der Waals surface area contributed by atoms with E-state index in [2.05, 4.69) is 4.98 Å². The molecular formula is C24H25ClF2N3O9PS. The van der Waals surface area contributed by atoms with E-state index in [1.54, 1.807) is 24.3 Å². The molecule has 0 saturated carbocycles. The first-order valence-electron chi connectivity index (χ1n) is 11.7. The van der Waals surface area contributed by atoms with E-state index in [9.17, 15) is 23.8 Å². The molecule has 222 valence electrons. The highest BCUT2D eigenvalue weighted by Crippen LogP contribution is 2.53. The summed E-state index contributed by atoms with van der Waals surface area (Å²) in [5, 5.41) is 21.2. The summed E-state index contributed by atoms with van der Waals surface area (Å²) in [5.74, 6) is 1.02. The van der Waals surface area contributed by atoms with Crippen LogP contribution in [-0.4, -0.2) is 64.8 Å². The van der Waals surface area contributed by atoms with E-state index in [0.717, 1.165) is 6.20 Å². The SMILES string of the molecule is COc1ccc(OP(=S)(OCC2(C(F)F)OC(n3cc(Cl)c(N)nc3=O)C(O)C2O)Oc2ccc(OC)cc2)cc1. The van der Waals surface area contributed by atoms with Crippen molar-refractivity contribution in [3.05, 3.63) is 70.2 Å². The van der Waals surface area contributed by atoms with Crippen molar-refractivity contribution >= 4 is 35.9 Å². The van der Waals surface area contributed by atoms with Crippen LogP contribution in [0.4, 0.5) is 14.6 Å².